The standard InChI is InChI=1S/C22H20N2O5/c1-28-22(27)19-11-14-6-2-3-8-16(14)12-24(19)20(25)13-29-21(26)18-10-15-7-4-5-9-17(15)23-18/h2-10,19,23H,11-13H2,1H3/t19-/m0/s1. The number of rotatable bonds is 4. The molecule has 0 bridgehead atoms. The molecular formula is C22H20N2O5. The number of ether oxygens (including phenoxy) is 2. The van der Waals surface area contributed by atoms with E-state index < -0.39 is 30.5 Å². The smallest absolute Gasteiger partial charge is 0.355 e. The molecule has 2 heterocycles. The van der Waals surface area contributed by atoms with Crippen molar-refractivity contribution in [1.82, 2.24) is 9.88 Å². The molecule has 4 rings (SSSR count). The Labute approximate surface area is 167 Å². The number of hydrogen-bond donors (Lipinski definition) is 1. The third-order valence-corrected chi connectivity index (χ3v) is 5.12. The molecule has 0 saturated heterocycles. The van der Waals surface area contributed by atoms with Gasteiger partial charge in [-0.15, -0.1) is 0 Å². The van der Waals surface area contributed by atoms with E-state index in [-0.39, 0.29) is 12.2 Å². The van der Waals surface area contributed by atoms with Crippen LogP contribution >= 0.6 is 0 Å². The molecule has 0 saturated carbocycles. The van der Waals surface area contributed by atoms with Gasteiger partial charge in [-0.25, -0.2) is 9.59 Å². The molecule has 0 fully saturated rings. The molecule has 0 radical (unpaired) electrons. The minimum atomic E-state index is -0.742. The molecule has 1 aromatic heterocycles. The Morgan fingerprint density at radius 2 is 1.79 bits per heavy atom. The zero-order valence-corrected chi connectivity index (χ0v) is 15.9. The summed E-state index contributed by atoms with van der Waals surface area (Å²) in [5.41, 5.74) is 3.04. The highest BCUT2D eigenvalue weighted by Crippen LogP contribution is 2.24. The molecule has 1 amide bonds. The van der Waals surface area contributed by atoms with Crippen LogP contribution in [-0.2, 0) is 32.0 Å². The summed E-state index contributed by atoms with van der Waals surface area (Å²) in [6, 6.07) is 16.0. The van der Waals surface area contributed by atoms with Gasteiger partial charge in [0.15, 0.2) is 6.61 Å². The zero-order chi connectivity index (χ0) is 20.4. The molecule has 7 heteroatoms. The van der Waals surface area contributed by atoms with Crippen molar-refractivity contribution in [2.45, 2.75) is 19.0 Å². The van der Waals surface area contributed by atoms with Crippen molar-refractivity contribution in [3.05, 3.63) is 71.4 Å². The number of esters is 2. The van der Waals surface area contributed by atoms with Crippen molar-refractivity contribution in [3.8, 4) is 0 Å². The number of carbonyl (C=O) groups is 3. The van der Waals surface area contributed by atoms with Crippen LogP contribution in [0, 0.1) is 0 Å². The Balaban J connectivity index is 1.47. The topological polar surface area (TPSA) is 88.7 Å². The van der Waals surface area contributed by atoms with Gasteiger partial charge in [0.1, 0.15) is 11.7 Å². The van der Waals surface area contributed by atoms with Crippen molar-refractivity contribution in [3.63, 3.8) is 0 Å². The van der Waals surface area contributed by atoms with E-state index in [0.29, 0.717) is 6.42 Å². The summed E-state index contributed by atoms with van der Waals surface area (Å²) < 4.78 is 10.1. The summed E-state index contributed by atoms with van der Waals surface area (Å²) in [6.45, 7) is -0.192. The molecule has 0 unspecified atom stereocenters. The predicted octanol–water partition coefficient (Wildman–Crippen LogP) is 2.45. The summed E-state index contributed by atoms with van der Waals surface area (Å²) >= 11 is 0. The van der Waals surface area contributed by atoms with Crippen LogP contribution in [0.1, 0.15) is 21.6 Å². The van der Waals surface area contributed by atoms with Gasteiger partial charge < -0.3 is 19.4 Å². The maximum Gasteiger partial charge on any atom is 0.355 e. The summed E-state index contributed by atoms with van der Waals surface area (Å²) in [7, 11) is 1.29. The number of aromatic amines is 1. The van der Waals surface area contributed by atoms with Gasteiger partial charge in [0.2, 0.25) is 0 Å². The van der Waals surface area contributed by atoms with Crippen LogP contribution in [0.2, 0.25) is 0 Å². The maximum absolute atomic E-state index is 12.8. The van der Waals surface area contributed by atoms with E-state index in [0.717, 1.165) is 22.0 Å². The first-order valence-electron chi connectivity index (χ1n) is 9.26. The largest absolute Gasteiger partial charge is 0.467 e. The Kier molecular flexibility index (Phi) is 5.03. The number of para-hydroxylation sites is 1. The summed E-state index contributed by atoms with van der Waals surface area (Å²) in [5.74, 6) is -1.56. The van der Waals surface area contributed by atoms with Crippen molar-refractivity contribution in [1.29, 1.82) is 0 Å². The van der Waals surface area contributed by atoms with E-state index in [9.17, 15) is 14.4 Å². The average molecular weight is 392 g/mol. The number of fused-ring (bicyclic) bond motifs is 2. The van der Waals surface area contributed by atoms with E-state index in [1.54, 1.807) is 6.07 Å². The van der Waals surface area contributed by atoms with E-state index in [1.165, 1.54) is 12.0 Å². The number of nitrogens with zero attached hydrogens (tertiary/aromatic N) is 1. The van der Waals surface area contributed by atoms with Crippen molar-refractivity contribution in [2.24, 2.45) is 0 Å². The third kappa shape index (κ3) is 3.71. The first kappa shape index (κ1) is 18.7. The van der Waals surface area contributed by atoms with Crippen LogP contribution in [0.3, 0.4) is 0 Å². The second-order valence-corrected chi connectivity index (χ2v) is 6.88. The lowest BCUT2D eigenvalue weighted by Crippen LogP contribution is -2.50. The fourth-order valence-corrected chi connectivity index (χ4v) is 3.60. The van der Waals surface area contributed by atoms with Crippen molar-refractivity contribution >= 4 is 28.7 Å². The Bertz CT molecular complexity index is 1050. The molecule has 1 aliphatic heterocycles. The lowest BCUT2D eigenvalue weighted by atomic mass is 9.94. The summed E-state index contributed by atoms with van der Waals surface area (Å²) in [4.78, 5) is 41.7. The van der Waals surface area contributed by atoms with Gasteiger partial charge in [0.25, 0.3) is 5.91 Å². The second kappa shape index (κ2) is 7.79. The van der Waals surface area contributed by atoms with Crippen molar-refractivity contribution in [2.75, 3.05) is 13.7 Å². The third-order valence-electron chi connectivity index (χ3n) is 5.12. The number of benzene rings is 2. The molecule has 0 aliphatic carbocycles. The van der Waals surface area contributed by atoms with Gasteiger partial charge in [-0.2, -0.15) is 0 Å². The van der Waals surface area contributed by atoms with E-state index in [2.05, 4.69) is 4.98 Å². The van der Waals surface area contributed by atoms with Gasteiger partial charge in [-0.3, -0.25) is 4.79 Å². The Morgan fingerprint density at radius 1 is 1.07 bits per heavy atom. The molecule has 1 N–H and O–H groups in total. The normalized spacial score (nSPS) is 15.6. The van der Waals surface area contributed by atoms with Gasteiger partial charge in [0.05, 0.1) is 7.11 Å². The van der Waals surface area contributed by atoms with E-state index in [1.807, 2.05) is 48.5 Å². The Morgan fingerprint density at radius 3 is 2.55 bits per heavy atom. The maximum atomic E-state index is 12.8. The van der Waals surface area contributed by atoms with Gasteiger partial charge in [0, 0.05) is 23.9 Å². The van der Waals surface area contributed by atoms with Crippen LogP contribution in [-0.4, -0.2) is 47.5 Å². The lowest BCUT2D eigenvalue weighted by Gasteiger charge is -2.35. The first-order chi connectivity index (χ1) is 14.1. The minimum Gasteiger partial charge on any atom is -0.467 e. The SMILES string of the molecule is COC(=O)[C@@H]1Cc2ccccc2CN1C(=O)COC(=O)c1cc2ccccc2[nH]1. The molecule has 29 heavy (non-hydrogen) atoms. The number of methoxy groups -OCH3 is 1. The highest BCUT2D eigenvalue weighted by Gasteiger charge is 2.35. The van der Waals surface area contributed by atoms with E-state index in [4.69, 9.17) is 9.47 Å². The number of H-pyrrole nitrogens is 1. The van der Waals surface area contributed by atoms with Crippen LogP contribution in [0.25, 0.3) is 10.9 Å². The molecular weight excluding hydrogens is 372 g/mol. The summed E-state index contributed by atoms with van der Waals surface area (Å²) in [5, 5.41) is 0.879. The zero-order valence-electron chi connectivity index (χ0n) is 15.9. The molecule has 2 aromatic carbocycles. The van der Waals surface area contributed by atoms with Crippen molar-refractivity contribution < 1.29 is 23.9 Å². The number of amides is 1. The number of nitrogens with one attached hydrogen (secondary N) is 1. The molecule has 148 valence electrons. The quantitative estimate of drug-likeness (QED) is 0.689. The van der Waals surface area contributed by atoms with Gasteiger partial charge in [-0.05, 0) is 23.3 Å². The van der Waals surface area contributed by atoms with Crippen LogP contribution in [0.15, 0.2) is 54.6 Å². The van der Waals surface area contributed by atoms with E-state index >= 15 is 0 Å². The first-order valence-corrected chi connectivity index (χ1v) is 9.26. The number of hydrogen-bond acceptors (Lipinski definition) is 5. The molecule has 7 nitrogen and oxygen atoms in total. The highest BCUT2D eigenvalue weighted by atomic mass is 16.5. The molecule has 0 spiro atoms. The number of carbonyl (C=O) groups excluding carboxylic acids is 3. The predicted molar refractivity (Wildman–Crippen MR) is 105 cm³/mol. The fourth-order valence-electron chi connectivity index (χ4n) is 3.60. The lowest BCUT2D eigenvalue weighted by molar-refractivity contribution is -0.155. The molecule has 3 aromatic rings. The van der Waals surface area contributed by atoms with Gasteiger partial charge in [-0.1, -0.05) is 42.5 Å². The molecule has 1 atom stereocenters. The number of aromatic nitrogens is 1. The van der Waals surface area contributed by atoms with Crippen LogP contribution in [0.4, 0.5) is 0 Å². The van der Waals surface area contributed by atoms with Crippen LogP contribution < -0.4 is 0 Å². The van der Waals surface area contributed by atoms with Gasteiger partial charge >= 0.3 is 11.9 Å². The highest BCUT2D eigenvalue weighted by molar-refractivity contribution is 5.96. The minimum absolute atomic E-state index is 0.263. The molecule has 1 aliphatic rings. The van der Waals surface area contributed by atoms with Crippen LogP contribution in [0.5, 0.6) is 0 Å². The Hall–Kier alpha value is -3.61. The monoisotopic (exact) mass is 392 g/mol. The second-order valence-electron chi connectivity index (χ2n) is 6.88. The summed E-state index contributed by atoms with van der Waals surface area (Å²) in [6.07, 6.45) is 0.366. The fraction of sp³-hybridized carbons (Fsp3) is 0.227. The average Bonchev–Trinajstić information content (AvgIpc) is 3.20.